The van der Waals surface area contributed by atoms with Gasteiger partial charge in [-0.05, 0) is 45.4 Å². The van der Waals surface area contributed by atoms with E-state index in [2.05, 4.69) is 30.1 Å². The van der Waals surface area contributed by atoms with Crippen LogP contribution in [0.5, 0.6) is 0 Å². The first-order valence-electron chi connectivity index (χ1n) is 6.08. The lowest BCUT2D eigenvalue weighted by atomic mass is 10.1. The van der Waals surface area contributed by atoms with Crippen molar-refractivity contribution in [1.82, 2.24) is 5.32 Å². The molecule has 0 amide bonds. The van der Waals surface area contributed by atoms with Crippen molar-refractivity contribution in [3.05, 3.63) is 23.2 Å². The van der Waals surface area contributed by atoms with Gasteiger partial charge in [-0.15, -0.1) is 0 Å². The summed E-state index contributed by atoms with van der Waals surface area (Å²) >= 11 is 2.10. The van der Waals surface area contributed by atoms with Gasteiger partial charge in [0.15, 0.2) is 0 Å². The Bertz CT molecular complexity index is 342. The van der Waals surface area contributed by atoms with E-state index in [1.165, 1.54) is 24.2 Å². The van der Waals surface area contributed by atoms with E-state index in [0.29, 0.717) is 6.04 Å². The molecule has 0 spiro atoms. The van der Waals surface area contributed by atoms with Crippen molar-refractivity contribution < 1.29 is 4.42 Å². The average Bonchev–Trinajstić information content (AvgIpc) is 2.84. The summed E-state index contributed by atoms with van der Waals surface area (Å²) in [6.07, 6.45) is 2.75. The second kappa shape index (κ2) is 5.28. The van der Waals surface area contributed by atoms with Gasteiger partial charge >= 0.3 is 0 Å². The molecular formula is C13H21NOS. The zero-order valence-electron chi connectivity index (χ0n) is 10.4. The molecule has 90 valence electrons. The summed E-state index contributed by atoms with van der Waals surface area (Å²) in [7, 11) is 0. The van der Waals surface area contributed by atoms with Crippen LogP contribution in [0.3, 0.4) is 0 Å². The minimum atomic E-state index is 0.402. The van der Waals surface area contributed by atoms with Crippen LogP contribution in [0.4, 0.5) is 0 Å². The van der Waals surface area contributed by atoms with Gasteiger partial charge in [0, 0.05) is 23.4 Å². The lowest BCUT2D eigenvalue weighted by molar-refractivity contribution is 0.489. The van der Waals surface area contributed by atoms with Gasteiger partial charge in [0.1, 0.15) is 11.5 Å². The SMILES string of the molecule is Cc1cc(C(C)NCC2CCCS2)c(C)o1. The highest BCUT2D eigenvalue weighted by atomic mass is 32.2. The Morgan fingerprint density at radius 2 is 2.38 bits per heavy atom. The topological polar surface area (TPSA) is 25.2 Å². The van der Waals surface area contributed by atoms with E-state index in [1.807, 2.05) is 13.8 Å². The summed E-state index contributed by atoms with van der Waals surface area (Å²) < 4.78 is 5.56. The zero-order valence-corrected chi connectivity index (χ0v) is 11.2. The smallest absolute Gasteiger partial charge is 0.105 e. The van der Waals surface area contributed by atoms with Gasteiger partial charge in [0.2, 0.25) is 0 Å². The largest absolute Gasteiger partial charge is 0.466 e. The fraction of sp³-hybridized carbons (Fsp3) is 0.692. The summed E-state index contributed by atoms with van der Waals surface area (Å²) in [5.41, 5.74) is 1.31. The third-order valence-corrected chi connectivity index (χ3v) is 4.62. The van der Waals surface area contributed by atoms with Crippen molar-refractivity contribution in [3.8, 4) is 0 Å². The number of rotatable bonds is 4. The minimum absolute atomic E-state index is 0.402. The molecule has 3 heteroatoms. The van der Waals surface area contributed by atoms with Gasteiger partial charge in [0.25, 0.3) is 0 Å². The molecule has 0 saturated carbocycles. The zero-order chi connectivity index (χ0) is 11.5. The predicted octanol–water partition coefficient (Wildman–Crippen LogP) is 3.44. The fourth-order valence-corrected chi connectivity index (χ4v) is 3.52. The van der Waals surface area contributed by atoms with Crippen LogP contribution in [-0.2, 0) is 0 Å². The van der Waals surface area contributed by atoms with Gasteiger partial charge < -0.3 is 9.73 Å². The van der Waals surface area contributed by atoms with Crippen LogP contribution in [0.2, 0.25) is 0 Å². The van der Waals surface area contributed by atoms with Crippen LogP contribution >= 0.6 is 11.8 Å². The summed E-state index contributed by atoms with van der Waals surface area (Å²) in [4.78, 5) is 0. The van der Waals surface area contributed by atoms with Crippen LogP contribution in [0.25, 0.3) is 0 Å². The number of hydrogen-bond donors (Lipinski definition) is 1. The number of thioether (sulfide) groups is 1. The van der Waals surface area contributed by atoms with E-state index in [1.54, 1.807) is 0 Å². The van der Waals surface area contributed by atoms with Crippen molar-refractivity contribution in [3.63, 3.8) is 0 Å². The van der Waals surface area contributed by atoms with Crippen LogP contribution in [0.1, 0.15) is 42.9 Å². The van der Waals surface area contributed by atoms with Gasteiger partial charge in [-0.3, -0.25) is 0 Å². The highest BCUT2D eigenvalue weighted by Gasteiger charge is 2.18. The van der Waals surface area contributed by atoms with E-state index >= 15 is 0 Å². The van der Waals surface area contributed by atoms with Crippen LogP contribution < -0.4 is 5.32 Å². The highest BCUT2D eigenvalue weighted by Crippen LogP contribution is 2.27. The monoisotopic (exact) mass is 239 g/mol. The van der Waals surface area contributed by atoms with E-state index in [-0.39, 0.29) is 0 Å². The molecule has 0 aromatic carbocycles. The molecule has 1 saturated heterocycles. The number of aryl methyl sites for hydroxylation is 2. The summed E-state index contributed by atoms with van der Waals surface area (Å²) in [6.45, 7) is 7.40. The summed E-state index contributed by atoms with van der Waals surface area (Å²) in [6, 6.07) is 2.55. The van der Waals surface area contributed by atoms with E-state index in [9.17, 15) is 0 Å². The molecule has 1 aromatic heterocycles. The Kier molecular flexibility index (Phi) is 3.98. The number of furan rings is 1. The highest BCUT2D eigenvalue weighted by molar-refractivity contribution is 8.00. The Morgan fingerprint density at radius 1 is 1.56 bits per heavy atom. The van der Waals surface area contributed by atoms with Crippen molar-refractivity contribution in [2.45, 2.75) is 44.9 Å². The van der Waals surface area contributed by atoms with Crippen molar-refractivity contribution >= 4 is 11.8 Å². The standard InChI is InChI=1S/C13H21NOS/c1-9-7-13(11(3)15-9)10(2)14-8-12-5-4-6-16-12/h7,10,12,14H,4-6,8H2,1-3H3. The maximum atomic E-state index is 5.56. The number of hydrogen-bond acceptors (Lipinski definition) is 3. The van der Waals surface area contributed by atoms with Crippen LogP contribution in [0, 0.1) is 13.8 Å². The van der Waals surface area contributed by atoms with Crippen LogP contribution in [0.15, 0.2) is 10.5 Å². The first-order chi connectivity index (χ1) is 7.66. The molecule has 16 heavy (non-hydrogen) atoms. The van der Waals surface area contributed by atoms with Crippen molar-refractivity contribution in [2.24, 2.45) is 0 Å². The quantitative estimate of drug-likeness (QED) is 0.871. The third kappa shape index (κ3) is 2.83. The third-order valence-electron chi connectivity index (χ3n) is 3.22. The van der Waals surface area contributed by atoms with Gasteiger partial charge in [-0.1, -0.05) is 0 Å². The Morgan fingerprint density at radius 3 is 2.94 bits per heavy atom. The second-order valence-corrected chi connectivity index (χ2v) is 6.04. The maximum absolute atomic E-state index is 5.56. The molecular weight excluding hydrogens is 218 g/mol. The molecule has 1 aromatic rings. The van der Waals surface area contributed by atoms with Crippen molar-refractivity contribution in [2.75, 3.05) is 12.3 Å². The van der Waals surface area contributed by atoms with E-state index in [0.717, 1.165) is 23.3 Å². The first kappa shape index (κ1) is 12.1. The first-order valence-corrected chi connectivity index (χ1v) is 7.13. The molecule has 2 heterocycles. The molecule has 1 N–H and O–H groups in total. The molecule has 0 bridgehead atoms. The Labute approximate surface area is 102 Å². The lowest BCUT2D eigenvalue weighted by Crippen LogP contribution is -2.26. The molecule has 1 aliphatic heterocycles. The molecule has 0 aliphatic carbocycles. The molecule has 0 radical (unpaired) electrons. The number of nitrogens with one attached hydrogen (secondary N) is 1. The molecule has 2 unspecified atom stereocenters. The van der Waals surface area contributed by atoms with Gasteiger partial charge in [-0.25, -0.2) is 0 Å². The van der Waals surface area contributed by atoms with Gasteiger partial charge in [-0.2, -0.15) is 11.8 Å². The van der Waals surface area contributed by atoms with Crippen LogP contribution in [-0.4, -0.2) is 17.5 Å². The Hall–Kier alpha value is -0.410. The second-order valence-electron chi connectivity index (χ2n) is 4.63. The maximum Gasteiger partial charge on any atom is 0.105 e. The average molecular weight is 239 g/mol. The Balaban J connectivity index is 1.87. The normalized spacial score (nSPS) is 22.6. The van der Waals surface area contributed by atoms with E-state index in [4.69, 9.17) is 4.42 Å². The summed E-state index contributed by atoms with van der Waals surface area (Å²) in [5.74, 6) is 3.40. The molecule has 2 atom stereocenters. The van der Waals surface area contributed by atoms with E-state index < -0.39 is 0 Å². The molecule has 2 nitrogen and oxygen atoms in total. The van der Waals surface area contributed by atoms with Crippen molar-refractivity contribution in [1.29, 1.82) is 0 Å². The minimum Gasteiger partial charge on any atom is -0.466 e. The molecule has 1 aliphatic rings. The molecule has 2 rings (SSSR count). The lowest BCUT2D eigenvalue weighted by Gasteiger charge is -2.16. The fourth-order valence-electron chi connectivity index (χ4n) is 2.30. The predicted molar refractivity (Wildman–Crippen MR) is 70.1 cm³/mol. The molecule has 1 fully saturated rings. The summed E-state index contributed by atoms with van der Waals surface area (Å²) in [5, 5.41) is 4.43. The van der Waals surface area contributed by atoms with Gasteiger partial charge in [0.05, 0.1) is 0 Å².